The molecule has 0 bridgehead atoms. The lowest BCUT2D eigenvalue weighted by molar-refractivity contribution is -0.0535. The highest BCUT2D eigenvalue weighted by atomic mass is 19.1. The molecule has 0 spiro atoms. The molecule has 1 aliphatic carbocycles. The van der Waals surface area contributed by atoms with Crippen LogP contribution in [0, 0.1) is 18.2 Å². The predicted octanol–water partition coefficient (Wildman–Crippen LogP) is 5.27. The molecule has 0 radical (unpaired) electrons. The number of benzene rings is 2. The fraction of sp³-hybridized carbons (Fsp3) is 0.240. The fourth-order valence-electron chi connectivity index (χ4n) is 4.55. The largest absolute Gasteiger partial charge is 0.493 e. The van der Waals surface area contributed by atoms with Crippen molar-refractivity contribution in [1.82, 2.24) is 14.8 Å². The van der Waals surface area contributed by atoms with Crippen molar-refractivity contribution in [1.29, 1.82) is 0 Å². The third-order valence-electron chi connectivity index (χ3n) is 6.23. The number of pyridine rings is 1. The van der Waals surface area contributed by atoms with E-state index < -0.39 is 17.2 Å². The lowest BCUT2D eigenvalue weighted by atomic mass is 9.77. The fourth-order valence-corrected chi connectivity index (χ4v) is 4.55. The summed E-state index contributed by atoms with van der Waals surface area (Å²) in [5.41, 5.74) is 5.78. The van der Waals surface area contributed by atoms with Crippen LogP contribution in [0.1, 0.15) is 25.8 Å². The van der Waals surface area contributed by atoms with E-state index in [1.807, 2.05) is 0 Å². The van der Waals surface area contributed by atoms with Crippen molar-refractivity contribution in [2.45, 2.75) is 31.4 Å². The Morgan fingerprint density at radius 3 is 2.47 bits per heavy atom. The summed E-state index contributed by atoms with van der Waals surface area (Å²) in [5.74, 6) is -1.47. The van der Waals surface area contributed by atoms with E-state index in [4.69, 9.17) is 17.0 Å². The van der Waals surface area contributed by atoms with Crippen molar-refractivity contribution in [3.8, 4) is 28.3 Å². The SMILES string of the molecule is [C-]#[N+]c1c(-c2ccc3c(OC)c(F)c(-c4ccccc4)nc3c2F)nn(C2CC(C)(O)C2)c1N. The Morgan fingerprint density at radius 1 is 1.15 bits per heavy atom. The van der Waals surface area contributed by atoms with Crippen LogP contribution in [-0.4, -0.2) is 32.6 Å². The van der Waals surface area contributed by atoms with Crippen molar-refractivity contribution in [3.05, 3.63) is 65.5 Å². The van der Waals surface area contributed by atoms with Gasteiger partial charge in [0, 0.05) is 16.5 Å². The monoisotopic (exact) mass is 461 g/mol. The van der Waals surface area contributed by atoms with Gasteiger partial charge in [-0.3, -0.25) is 4.68 Å². The number of rotatable bonds is 4. The van der Waals surface area contributed by atoms with Crippen LogP contribution in [0.25, 0.3) is 38.3 Å². The quantitative estimate of drug-likeness (QED) is 0.404. The normalized spacial score (nSPS) is 19.6. The Balaban J connectivity index is 1.72. The number of ether oxygens (including phenoxy) is 1. The lowest BCUT2D eigenvalue weighted by Gasteiger charge is -2.41. The number of nitrogens with two attached hydrogens (primary N) is 1. The molecule has 2 heterocycles. The minimum atomic E-state index is -0.825. The van der Waals surface area contributed by atoms with Gasteiger partial charge in [0.25, 0.3) is 5.69 Å². The van der Waals surface area contributed by atoms with E-state index in [2.05, 4.69) is 14.9 Å². The van der Waals surface area contributed by atoms with Crippen LogP contribution >= 0.6 is 0 Å². The average Bonchev–Trinajstić information content (AvgIpc) is 3.13. The zero-order valence-electron chi connectivity index (χ0n) is 18.5. The minimum Gasteiger partial charge on any atom is -0.493 e. The molecule has 2 aromatic heterocycles. The summed E-state index contributed by atoms with van der Waals surface area (Å²) in [4.78, 5) is 7.78. The van der Waals surface area contributed by atoms with Crippen LogP contribution < -0.4 is 10.5 Å². The zero-order valence-corrected chi connectivity index (χ0v) is 18.5. The van der Waals surface area contributed by atoms with Gasteiger partial charge in [-0.1, -0.05) is 36.4 Å². The van der Waals surface area contributed by atoms with Crippen molar-refractivity contribution in [2.24, 2.45) is 0 Å². The molecule has 1 fully saturated rings. The highest BCUT2D eigenvalue weighted by Gasteiger charge is 2.41. The van der Waals surface area contributed by atoms with Crippen LogP contribution in [0.4, 0.5) is 20.3 Å². The molecule has 1 aliphatic rings. The highest BCUT2D eigenvalue weighted by Crippen LogP contribution is 2.46. The van der Waals surface area contributed by atoms with Gasteiger partial charge in [-0.2, -0.15) is 5.10 Å². The molecule has 0 unspecified atom stereocenters. The molecule has 0 amide bonds. The first-order valence-corrected chi connectivity index (χ1v) is 10.6. The van der Waals surface area contributed by atoms with Gasteiger partial charge in [-0.25, -0.2) is 18.6 Å². The van der Waals surface area contributed by atoms with E-state index in [1.165, 1.54) is 23.9 Å². The van der Waals surface area contributed by atoms with E-state index in [9.17, 15) is 5.11 Å². The summed E-state index contributed by atoms with van der Waals surface area (Å²) in [6.45, 7) is 9.30. The standard InChI is InChI=1S/C25H21F2N5O2/c1-25(33)11-14(12-25)32-24(28)22(29-2)21(31-32)15-9-10-16-20(17(15)26)30-19(18(27)23(16)34-3)13-7-5-4-6-8-13/h4-10,14,33H,11-12,28H2,1,3H3. The molecule has 172 valence electrons. The third kappa shape index (κ3) is 3.26. The molecule has 0 atom stereocenters. The summed E-state index contributed by atoms with van der Waals surface area (Å²) >= 11 is 0. The number of nitrogens with zero attached hydrogens (tertiary/aromatic N) is 4. The third-order valence-corrected chi connectivity index (χ3v) is 6.23. The summed E-state index contributed by atoms with van der Waals surface area (Å²) < 4.78 is 37.9. The number of methoxy groups -OCH3 is 1. The number of nitrogen functional groups attached to an aromatic ring is 1. The number of anilines is 1. The maximum absolute atomic E-state index is 15.9. The van der Waals surface area contributed by atoms with Gasteiger partial charge in [0.2, 0.25) is 0 Å². The number of halogens is 2. The second-order valence-electron chi connectivity index (χ2n) is 8.69. The van der Waals surface area contributed by atoms with E-state index >= 15 is 8.78 Å². The number of fused-ring (bicyclic) bond motifs is 1. The first-order valence-electron chi connectivity index (χ1n) is 10.6. The average molecular weight is 461 g/mol. The van der Waals surface area contributed by atoms with Gasteiger partial charge < -0.3 is 15.6 Å². The molecule has 0 saturated heterocycles. The van der Waals surface area contributed by atoms with Crippen LogP contribution in [-0.2, 0) is 0 Å². The van der Waals surface area contributed by atoms with Crippen LogP contribution in [0.5, 0.6) is 5.75 Å². The van der Waals surface area contributed by atoms with E-state index in [0.29, 0.717) is 18.4 Å². The first kappa shape index (κ1) is 21.8. The highest BCUT2D eigenvalue weighted by molar-refractivity contribution is 5.94. The Bertz CT molecular complexity index is 1470. The molecule has 2 aromatic carbocycles. The predicted molar refractivity (Wildman–Crippen MR) is 124 cm³/mol. The topological polar surface area (TPSA) is 90.5 Å². The van der Waals surface area contributed by atoms with Crippen molar-refractivity contribution in [2.75, 3.05) is 12.8 Å². The van der Waals surface area contributed by atoms with Crippen molar-refractivity contribution < 1.29 is 18.6 Å². The number of hydrogen-bond acceptors (Lipinski definition) is 5. The molecule has 7 nitrogen and oxygen atoms in total. The lowest BCUT2D eigenvalue weighted by Crippen LogP contribution is -2.42. The minimum absolute atomic E-state index is 0.0159. The molecule has 4 aromatic rings. The molecular weight excluding hydrogens is 440 g/mol. The van der Waals surface area contributed by atoms with Gasteiger partial charge in [0.15, 0.2) is 17.4 Å². The van der Waals surface area contributed by atoms with E-state index in [0.717, 1.165) is 0 Å². The molecule has 0 aliphatic heterocycles. The zero-order chi connectivity index (χ0) is 24.2. The maximum atomic E-state index is 15.9. The van der Waals surface area contributed by atoms with Gasteiger partial charge >= 0.3 is 0 Å². The van der Waals surface area contributed by atoms with Crippen molar-refractivity contribution >= 4 is 22.4 Å². The van der Waals surface area contributed by atoms with Crippen LogP contribution in [0.3, 0.4) is 0 Å². The van der Waals surface area contributed by atoms with Gasteiger partial charge in [-0.15, -0.1) is 0 Å². The molecule has 34 heavy (non-hydrogen) atoms. The van der Waals surface area contributed by atoms with Crippen LogP contribution in [0.15, 0.2) is 42.5 Å². The number of aliphatic hydroxyl groups is 1. The van der Waals surface area contributed by atoms with Gasteiger partial charge in [-0.05, 0) is 25.8 Å². The summed E-state index contributed by atoms with van der Waals surface area (Å²) in [6.07, 6.45) is 0.850. The number of aromatic nitrogens is 3. The Labute approximate surface area is 194 Å². The van der Waals surface area contributed by atoms with Gasteiger partial charge in [0.1, 0.15) is 22.7 Å². The molecule has 5 rings (SSSR count). The molecule has 3 N–H and O–H groups in total. The Morgan fingerprint density at radius 2 is 1.85 bits per heavy atom. The van der Waals surface area contributed by atoms with E-state index in [1.54, 1.807) is 37.3 Å². The second-order valence-corrected chi connectivity index (χ2v) is 8.69. The Hall–Kier alpha value is -4.03. The Kier molecular flexibility index (Phi) is 4.99. The summed E-state index contributed by atoms with van der Waals surface area (Å²) in [7, 11) is 1.31. The summed E-state index contributed by atoms with van der Waals surface area (Å²) in [5, 5.41) is 14.7. The van der Waals surface area contributed by atoms with Crippen molar-refractivity contribution in [3.63, 3.8) is 0 Å². The summed E-state index contributed by atoms with van der Waals surface area (Å²) in [6, 6.07) is 11.3. The van der Waals surface area contributed by atoms with E-state index in [-0.39, 0.29) is 51.2 Å². The smallest absolute Gasteiger partial charge is 0.254 e. The second kappa shape index (κ2) is 7.78. The van der Waals surface area contributed by atoms with Crippen LogP contribution in [0.2, 0.25) is 0 Å². The maximum Gasteiger partial charge on any atom is 0.254 e. The molecule has 1 saturated carbocycles. The first-order chi connectivity index (χ1) is 16.3. The molecule has 9 heteroatoms. The van der Waals surface area contributed by atoms with Gasteiger partial charge in [0.05, 0.1) is 25.3 Å². The molecular formula is C25H21F2N5O2. The number of hydrogen-bond donors (Lipinski definition) is 2.